The molecule has 1 fully saturated rings. The van der Waals surface area contributed by atoms with Gasteiger partial charge in [0.1, 0.15) is 5.82 Å². The summed E-state index contributed by atoms with van der Waals surface area (Å²) >= 11 is 0. The maximum absolute atomic E-state index is 12.0. The normalized spacial score (nSPS) is 14.8. The Balaban J connectivity index is 1.92. The smallest absolute Gasteiger partial charge is 0.315 e. The molecule has 1 N–H and O–H groups in total. The lowest BCUT2D eigenvalue weighted by atomic mass is 10.3. The summed E-state index contributed by atoms with van der Waals surface area (Å²) in [6.07, 6.45) is 2.32. The monoisotopic (exact) mass is 276 g/mol. The third kappa shape index (κ3) is 3.31. The van der Waals surface area contributed by atoms with Crippen LogP contribution < -0.4 is 5.32 Å². The largest absolute Gasteiger partial charge is 0.342 e. The zero-order chi connectivity index (χ0) is 14.5. The molecule has 1 aliphatic heterocycles. The van der Waals surface area contributed by atoms with E-state index < -0.39 is 11.8 Å². The van der Waals surface area contributed by atoms with E-state index >= 15 is 0 Å². The van der Waals surface area contributed by atoms with E-state index in [-0.39, 0.29) is 0 Å². The minimum atomic E-state index is -0.706. The molecule has 0 atom stereocenters. The molecule has 0 aromatic carbocycles. The Morgan fingerprint density at radius 3 is 2.60 bits per heavy atom. The molecule has 7 nitrogen and oxygen atoms in total. The summed E-state index contributed by atoms with van der Waals surface area (Å²) < 4.78 is 0. The van der Waals surface area contributed by atoms with Crippen molar-refractivity contribution in [2.24, 2.45) is 0 Å². The van der Waals surface area contributed by atoms with Gasteiger partial charge in [0.05, 0.1) is 0 Å². The summed E-state index contributed by atoms with van der Waals surface area (Å²) in [5.41, 5.74) is 0.947. The molecule has 1 saturated heterocycles. The van der Waals surface area contributed by atoms with E-state index in [0.29, 0.717) is 32.0 Å². The Morgan fingerprint density at radius 2 is 2.00 bits per heavy atom. The Bertz CT molecular complexity index is 524. The first-order valence-electron chi connectivity index (χ1n) is 6.32. The van der Waals surface area contributed by atoms with Crippen LogP contribution in [0.2, 0.25) is 0 Å². The lowest BCUT2D eigenvalue weighted by molar-refractivity contribution is -0.144. The average Bonchev–Trinajstić information content (AvgIpc) is 2.46. The minimum absolute atomic E-state index is 0.356. The topological polar surface area (TPSA) is 82.6 Å². The average molecular weight is 276 g/mol. The van der Waals surface area contributed by atoms with Gasteiger partial charge in [-0.1, -0.05) is 0 Å². The van der Waals surface area contributed by atoms with E-state index in [2.05, 4.69) is 10.3 Å². The van der Waals surface area contributed by atoms with Gasteiger partial charge in [-0.15, -0.1) is 0 Å². The first kappa shape index (κ1) is 14.0. The third-order valence-electron chi connectivity index (χ3n) is 3.10. The predicted octanol–water partition coefficient (Wildman–Crippen LogP) is -0.371. The first-order chi connectivity index (χ1) is 9.60. The Morgan fingerprint density at radius 1 is 1.30 bits per heavy atom. The summed E-state index contributed by atoms with van der Waals surface area (Å²) in [4.78, 5) is 41.4. The maximum Gasteiger partial charge on any atom is 0.315 e. The van der Waals surface area contributed by atoms with Crippen molar-refractivity contribution in [3.05, 3.63) is 23.9 Å². The zero-order valence-corrected chi connectivity index (χ0v) is 11.2. The standard InChI is InChI=1S/C13H16N4O3/c1-10-2-3-14-11(8-10)15-12(19)13(20)17-6-4-16(9-18)5-7-17/h2-3,8-9H,4-7H2,1H3,(H,14,15,19). The second-order valence-corrected chi connectivity index (χ2v) is 4.61. The van der Waals surface area contributed by atoms with Gasteiger partial charge in [-0.3, -0.25) is 14.4 Å². The van der Waals surface area contributed by atoms with Crippen molar-refractivity contribution in [1.29, 1.82) is 0 Å². The Hall–Kier alpha value is -2.44. The van der Waals surface area contributed by atoms with Gasteiger partial charge < -0.3 is 15.1 Å². The number of amides is 3. The van der Waals surface area contributed by atoms with Crippen LogP contribution in [0, 0.1) is 6.92 Å². The number of piperazine rings is 1. The molecule has 0 radical (unpaired) electrons. The van der Waals surface area contributed by atoms with Crippen LogP contribution >= 0.6 is 0 Å². The molecule has 1 aromatic heterocycles. The molecule has 20 heavy (non-hydrogen) atoms. The van der Waals surface area contributed by atoms with Gasteiger partial charge in [0.2, 0.25) is 6.41 Å². The van der Waals surface area contributed by atoms with Crippen molar-refractivity contribution < 1.29 is 14.4 Å². The van der Waals surface area contributed by atoms with Gasteiger partial charge in [-0.2, -0.15) is 0 Å². The van der Waals surface area contributed by atoms with Crippen molar-refractivity contribution in [2.45, 2.75) is 6.92 Å². The van der Waals surface area contributed by atoms with Crippen LogP contribution in [0.1, 0.15) is 5.56 Å². The highest BCUT2D eigenvalue weighted by molar-refractivity contribution is 6.39. The van der Waals surface area contributed by atoms with Crippen molar-refractivity contribution in [1.82, 2.24) is 14.8 Å². The maximum atomic E-state index is 12.0. The summed E-state index contributed by atoms with van der Waals surface area (Å²) in [6, 6.07) is 3.49. The van der Waals surface area contributed by atoms with E-state index in [0.717, 1.165) is 12.0 Å². The quantitative estimate of drug-likeness (QED) is 0.590. The molecule has 1 aromatic rings. The number of hydrogen-bond acceptors (Lipinski definition) is 4. The molecule has 106 valence electrons. The summed E-state index contributed by atoms with van der Waals surface area (Å²) in [5, 5.41) is 2.48. The lowest BCUT2D eigenvalue weighted by Crippen LogP contribution is -2.51. The molecule has 1 aliphatic rings. The molecule has 2 heterocycles. The van der Waals surface area contributed by atoms with Crippen molar-refractivity contribution >= 4 is 24.0 Å². The van der Waals surface area contributed by atoms with Crippen LogP contribution in [0.3, 0.4) is 0 Å². The van der Waals surface area contributed by atoms with Gasteiger partial charge in [-0.25, -0.2) is 4.98 Å². The summed E-state index contributed by atoms with van der Waals surface area (Å²) in [7, 11) is 0. The fraction of sp³-hybridized carbons (Fsp3) is 0.385. The van der Waals surface area contributed by atoms with Gasteiger partial charge >= 0.3 is 11.8 Å². The molecule has 0 saturated carbocycles. The van der Waals surface area contributed by atoms with Gasteiger partial charge in [0.25, 0.3) is 0 Å². The number of aryl methyl sites for hydroxylation is 1. The molecule has 3 amide bonds. The predicted molar refractivity (Wildman–Crippen MR) is 71.8 cm³/mol. The van der Waals surface area contributed by atoms with Gasteiger partial charge in [0.15, 0.2) is 0 Å². The molecular formula is C13H16N4O3. The van der Waals surface area contributed by atoms with Crippen LogP contribution in [0.5, 0.6) is 0 Å². The number of rotatable bonds is 2. The molecular weight excluding hydrogens is 260 g/mol. The van der Waals surface area contributed by atoms with E-state index in [1.807, 2.05) is 6.92 Å². The Labute approximate surface area is 116 Å². The molecule has 0 bridgehead atoms. The van der Waals surface area contributed by atoms with Crippen LogP contribution in [0.25, 0.3) is 0 Å². The van der Waals surface area contributed by atoms with E-state index in [1.165, 1.54) is 4.90 Å². The molecule has 7 heteroatoms. The summed E-state index contributed by atoms with van der Waals surface area (Å²) in [6.45, 7) is 3.51. The van der Waals surface area contributed by atoms with E-state index in [4.69, 9.17) is 0 Å². The minimum Gasteiger partial charge on any atom is -0.342 e. The first-order valence-corrected chi connectivity index (χ1v) is 6.32. The number of carbonyl (C=O) groups is 3. The number of hydrogen-bond donors (Lipinski definition) is 1. The highest BCUT2D eigenvalue weighted by Crippen LogP contribution is 2.06. The van der Waals surface area contributed by atoms with Gasteiger partial charge in [-0.05, 0) is 24.6 Å². The van der Waals surface area contributed by atoms with Crippen molar-refractivity contribution in [3.63, 3.8) is 0 Å². The number of pyridine rings is 1. The van der Waals surface area contributed by atoms with E-state index in [1.54, 1.807) is 23.2 Å². The van der Waals surface area contributed by atoms with Crippen LogP contribution in [-0.2, 0) is 14.4 Å². The number of nitrogens with one attached hydrogen (secondary N) is 1. The number of anilines is 1. The molecule has 2 rings (SSSR count). The van der Waals surface area contributed by atoms with E-state index in [9.17, 15) is 14.4 Å². The Kier molecular flexibility index (Phi) is 4.29. The number of aromatic nitrogens is 1. The fourth-order valence-electron chi connectivity index (χ4n) is 1.95. The second kappa shape index (κ2) is 6.14. The molecule has 0 unspecified atom stereocenters. The summed E-state index contributed by atoms with van der Waals surface area (Å²) in [5.74, 6) is -0.948. The van der Waals surface area contributed by atoms with Crippen molar-refractivity contribution in [2.75, 3.05) is 31.5 Å². The third-order valence-corrected chi connectivity index (χ3v) is 3.10. The van der Waals surface area contributed by atoms with Crippen molar-refractivity contribution in [3.8, 4) is 0 Å². The second-order valence-electron chi connectivity index (χ2n) is 4.61. The zero-order valence-electron chi connectivity index (χ0n) is 11.2. The molecule has 0 aliphatic carbocycles. The fourth-order valence-corrected chi connectivity index (χ4v) is 1.95. The van der Waals surface area contributed by atoms with Gasteiger partial charge in [0, 0.05) is 32.4 Å². The van der Waals surface area contributed by atoms with Crippen LogP contribution in [-0.4, -0.2) is 59.2 Å². The van der Waals surface area contributed by atoms with Crippen LogP contribution in [0.15, 0.2) is 18.3 Å². The number of nitrogens with zero attached hydrogens (tertiary/aromatic N) is 3. The highest BCUT2D eigenvalue weighted by atomic mass is 16.2. The number of carbonyl (C=O) groups excluding carboxylic acids is 3. The molecule has 0 spiro atoms. The van der Waals surface area contributed by atoms with Crippen LogP contribution in [0.4, 0.5) is 5.82 Å². The highest BCUT2D eigenvalue weighted by Gasteiger charge is 2.25. The lowest BCUT2D eigenvalue weighted by Gasteiger charge is -2.31. The SMILES string of the molecule is Cc1ccnc(NC(=O)C(=O)N2CCN(C=O)CC2)c1.